The van der Waals surface area contributed by atoms with Gasteiger partial charge in [-0.1, -0.05) is 62.3 Å². The summed E-state index contributed by atoms with van der Waals surface area (Å²) in [6.07, 6.45) is 0. The van der Waals surface area contributed by atoms with Crippen LogP contribution in [-0.4, -0.2) is 0 Å². The molecular weight excluding hydrogens is 338 g/mol. The van der Waals surface area contributed by atoms with Gasteiger partial charge in [-0.15, -0.1) is 0 Å². The van der Waals surface area contributed by atoms with Crippen molar-refractivity contribution in [2.75, 3.05) is 0 Å². The highest BCUT2D eigenvalue weighted by Gasteiger charge is 2.02. The molecule has 3 heteroatoms. The van der Waals surface area contributed by atoms with Crippen LogP contribution in [0.2, 0.25) is 5.02 Å². The van der Waals surface area contributed by atoms with Crippen molar-refractivity contribution in [3.63, 3.8) is 0 Å². The molecular formula is C8H7BrClI. The Morgan fingerprint density at radius 1 is 1.45 bits per heavy atom. The molecule has 0 unspecified atom stereocenters. The summed E-state index contributed by atoms with van der Waals surface area (Å²) < 4.78 is 1.01. The molecule has 0 nitrogen and oxygen atoms in total. The van der Waals surface area contributed by atoms with Crippen LogP contribution >= 0.6 is 50.1 Å². The van der Waals surface area contributed by atoms with E-state index in [0.717, 1.165) is 14.8 Å². The lowest BCUT2D eigenvalue weighted by atomic mass is 10.1. The highest BCUT2D eigenvalue weighted by Crippen LogP contribution is 2.24. The van der Waals surface area contributed by atoms with Gasteiger partial charge in [-0.2, -0.15) is 0 Å². The Labute approximate surface area is 93.6 Å². The molecule has 0 aliphatic carbocycles. The lowest BCUT2D eigenvalue weighted by molar-refractivity contribution is 1.31. The van der Waals surface area contributed by atoms with Crippen molar-refractivity contribution in [1.29, 1.82) is 0 Å². The van der Waals surface area contributed by atoms with E-state index in [1.807, 2.05) is 12.1 Å². The molecule has 0 radical (unpaired) electrons. The Morgan fingerprint density at radius 2 is 2.18 bits per heavy atom. The van der Waals surface area contributed by atoms with Crippen molar-refractivity contribution in [2.45, 2.75) is 9.76 Å². The van der Waals surface area contributed by atoms with E-state index in [2.05, 4.69) is 44.6 Å². The zero-order chi connectivity index (χ0) is 8.27. The number of halogens is 3. The number of rotatable bonds is 2. The van der Waals surface area contributed by atoms with Gasteiger partial charge in [0.25, 0.3) is 0 Å². The van der Waals surface area contributed by atoms with E-state index in [0.29, 0.717) is 0 Å². The van der Waals surface area contributed by atoms with Crippen molar-refractivity contribution in [2.24, 2.45) is 0 Å². The lowest BCUT2D eigenvalue weighted by Crippen LogP contribution is -1.87. The highest BCUT2D eigenvalue weighted by atomic mass is 127. The maximum absolute atomic E-state index is 5.97. The molecule has 0 fully saturated rings. The van der Waals surface area contributed by atoms with Gasteiger partial charge < -0.3 is 0 Å². The molecule has 1 aromatic rings. The zero-order valence-corrected chi connectivity index (χ0v) is 10.3. The first-order valence-corrected chi connectivity index (χ1v) is 6.20. The maximum atomic E-state index is 5.97. The molecule has 11 heavy (non-hydrogen) atoms. The molecule has 60 valence electrons. The average Bonchev–Trinajstić information content (AvgIpc) is 2.04. The van der Waals surface area contributed by atoms with Crippen LogP contribution in [0.5, 0.6) is 0 Å². The van der Waals surface area contributed by atoms with Gasteiger partial charge in [0.05, 0.1) is 0 Å². The fraction of sp³-hybridized carbons (Fsp3) is 0.250. The van der Waals surface area contributed by atoms with Gasteiger partial charge in [-0.05, 0) is 17.2 Å². The molecule has 0 aromatic heterocycles. The third-order valence-corrected chi connectivity index (χ3v) is 3.23. The van der Waals surface area contributed by atoms with Crippen LogP contribution in [-0.2, 0) is 9.76 Å². The molecule has 0 saturated carbocycles. The Kier molecular flexibility index (Phi) is 4.17. The monoisotopic (exact) mass is 344 g/mol. The number of benzene rings is 1. The van der Waals surface area contributed by atoms with Crippen LogP contribution in [0.3, 0.4) is 0 Å². The van der Waals surface area contributed by atoms with Gasteiger partial charge in [0.15, 0.2) is 0 Å². The SMILES string of the molecule is Clc1cccc(CI)c1CBr. The minimum atomic E-state index is 0.838. The summed E-state index contributed by atoms with van der Waals surface area (Å²) in [5.41, 5.74) is 2.53. The Hall–Kier alpha value is 0.720. The van der Waals surface area contributed by atoms with Gasteiger partial charge in [-0.3, -0.25) is 0 Å². The van der Waals surface area contributed by atoms with Gasteiger partial charge in [0.2, 0.25) is 0 Å². The van der Waals surface area contributed by atoms with Crippen LogP contribution < -0.4 is 0 Å². The Bertz CT molecular complexity index is 250. The summed E-state index contributed by atoms with van der Waals surface area (Å²) in [6, 6.07) is 6.02. The number of hydrogen-bond acceptors (Lipinski definition) is 0. The van der Waals surface area contributed by atoms with E-state index in [1.165, 1.54) is 11.1 Å². The van der Waals surface area contributed by atoms with Crippen LogP contribution in [0.4, 0.5) is 0 Å². The van der Waals surface area contributed by atoms with Crippen LogP contribution in [0.25, 0.3) is 0 Å². The molecule has 1 rings (SSSR count). The normalized spacial score (nSPS) is 10.1. The summed E-state index contributed by atoms with van der Waals surface area (Å²) in [7, 11) is 0. The second kappa shape index (κ2) is 4.67. The second-order valence-corrected chi connectivity index (χ2v) is 3.88. The van der Waals surface area contributed by atoms with Gasteiger partial charge in [-0.25, -0.2) is 0 Å². The molecule has 1 aromatic carbocycles. The van der Waals surface area contributed by atoms with Crippen LogP contribution in [0, 0.1) is 0 Å². The van der Waals surface area contributed by atoms with E-state index in [-0.39, 0.29) is 0 Å². The first-order chi connectivity index (χ1) is 5.29. The predicted octanol–water partition coefficient (Wildman–Crippen LogP) is 4.17. The summed E-state index contributed by atoms with van der Waals surface area (Å²) in [5.74, 6) is 0. The van der Waals surface area contributed by atoms with E-state index < -0.39 is 0 Å². The lowest BCUT2D eigenvalue weighted by Gasteiger charge is -2.04. The zero-order valence-electron chi connectivity index (χ0n) is 5.78. The fourth-order valence-corrected chi connectivity index (χ4v) is 2.68. The van der Waals surface area contributed by atoms with E-state index in [9.17, 15) is 0 Å². The second-order valence-electron chi connectivity index (χ2n) is 2.14. The molecule has 0 spiro atoms. The minimum absolute atomic E-state index is 0.838. The molecule has 0 aliphatic heterocycles. The first kappa shape index (κ1) is 9.81. The Morgan fingerprint density at radius 3 is 2.64 bits per heavy atom. The summed E-state index contributed by atoms with van der Waals surface area (Å²) in [6.45, 7) is 0. The smallest absolute Gasteiger partial charge is 0.0449 e. The number of alkyl halides is 2. The molecule has 0 bridgehead atoms. The first-order valence-electron chi connectivity index (χ1n) is 3.17. The summed E-state index contributed by atoms with van der Waals surface area (Å²) in [5, 5.41) is 1.70. The van der Waals surface area contributed by atoms with Gasteiger partial charge in [0, 0.05) is 14.8 Å². The van der Waals surface area contributed by atoms with E-state index >= 15 is 0 Å². The van der Waals surface area contributed by atoms with E-state index in [1.54, 1.807) is 0 Å². The summed E-state index contributed by atoms with van der Waals surface area (Å²) >= 11 is 11.7. The average molecular weight is 345 g/mol. The largest absolute Gasteiger partial charge is 0.0876 e. The standard InChI is InChI=1S/C8H7BrClI/c9-4-7-6(5-11)2-1-3-8(7)10/h1-3H,4-5H2. The van der Waals surface area contributed by atoms with Crippen LogP contribution in [0.1, 0.15) is 11.1 Å². The Balaban J connectivity index is 3.13. The minimum Gasteiger partial charge on any atom is -0.0876 e. The predicted molar refractivity (Wildman–Crippen MR) is 61.8 cm³/mol. The van der Waals surface area contributed by atoms with Crippen LogP contribution in [0.15, 0.2) is 18.2 Å². The van der Waals surface area contributed by atoms with E-state index in [4.69, 9.17) is 11.6 Å². The number of hydrogen-bond donors (Lipinski definition) is 0. The molecule has 0 aliphatic rings. The van der Waals surface area contributed by atoms with Gasteiger partial charge >= 0.3 is 0 Å². The van der Waals surface area contributed by atoms with Crippen molar-refractivity contribution >= 4 is 50.1 Å². The third kappa shape index (κ3) is 2.33. The molecule has 0 atom stereocenters. The fourth-order valence-electron chi connectivity index (χ4n) is 0.878. The third-order valence-electron chi connectivity index (χ3n) is 1.49. The van der Waals surface area contributed by atoms with Crippen molar-refractivity contribution in [3.05, 3.63) is 34.3 Å². The maximum Gasteiger partial charge on any atom is 0.0449 e. The van der Waals surface area contributed by atoms with Crippen molar-refractivity contribution in [1.82, 2.24) is 0 Å². The topological polar surface area (TPSA) is 0 Å². The molecule has 0 amide bonds. The summed E-state index contributed by atoms with van der Waals surface area (Å²) in [4.78, 5) is 0. The van der Waals surface area contributed by atoms with Gasteiger partial charge in [0.1, 0.15) is 0 Å². The molecule has 0 saturated heterocycles. The van der Waals surface area contributed by atoms with Crippen molar-refractivity contribution in [3.8, 4) is 0 Å². The molecule has 0 N–H and O–H groups in total. The quantitative estimate of drug-likeness (QED) is 0.557. The highest BCUT2D eigenvalue weighted by molar-refractivity contribution is 14.1. The van der Waals surface area contributed by atoms with Crippen molar-refractivity contribution < 1.29 is 0 Å². The molecule has 0 heterocycles.